The van der Waals surface area contributed by atoms with Crippen LogP contribution in [0.4, 0.5) is 0 Å². The minimum absolute atomic E-state index is 0.0640. The standard InChI is InChI=1S/C27H28ClN3O3/c1-30-16-7-8-17-31(27(33)23-13-9-15-29-25(23)28)21(18-20-10-3-2-4-11-20)19-34-24-14-6-5-12-22(24)26(30)32/h2-6,9-15,21H,7-8,16-19H2,1H3/t21-/m1/s1. The molecule has 0 saturated carbocycles. The fraction of sp³-hybridized carbons (Fsp3) is 0.296. The van der Waals surface area contributed by atoms with Gasteiger partial charge in [-0.1, -0.05) is 54.1 Å². The Bertz CT molecular complexity index is 1140. The highest BCUT2D eigenvalue weighted by Gasteiger charge is 2.28. The van der Waals surface area contributed by atoms with Gasteiger partial charge in [-0.2, -0.15) is 0 Å². The predicted octanol–water partition coefficient (Wildman–Crippen LogP) is 4.73. The molecule has 1 atom stereocenters. The number of rotatable bonds is 3. The zero-order valence-electron chi connectivity index (χ0n) is 19.2. The van der Waals surface area contributed by atoms with E-state index in [-0.39, 0.29) is 29.6 Å². The van der Waals surface area contributed by atoms with Crippen LogP contribution in [-0.4, -0.2) is 59.4 Å². The Morgan fingerprint density at radius 1 is 1.03 bits per heavy atom. The maximum Gasteiger partial charge on any atom is 0.257 e. The van der Waals surface area contributed by atoms with Crippen LogP contribution in [0, 0.1) is 0 Å². The minimum Gasteiger partial charge on any atom is -0.491 e. The number of pyridine rings is 1. The van der Waals surface area contributed by atoms with E-state index in [0.717, 1.165) is 18.4 Å². The number of ether oxygens (including phenoxy) is 1. The number of carbonyl (C=O) groups excluding carboxylic acids is 2. The highest BCUT2D eigenvalue weighted by atomic mass is 35.5. The fourth-order valence-corrected chi connectivity index (χ4v) is 4.39. The maximum atomic E-state index is 13.7. The SMILES string of the molecule is CN1CCCCN(C(=O)c2cccnc2Cl)[C@H](Cc2ccccc2)COc2ccccc2C1=O. The van der Waals surface area contributed by atoms with Crippen molar-refractivity contribution >= 4 is 23.4 Å². The van der Waals surface area contributed by atoms with Gasteiger partial charge in [-0.15, -0.1) is 0 Å². The Morgan fingerprint density at radius 2 is 1.76 bits per heavy atom. The van der Waals surface area contributed by atoms with Crippen LogP contribution in [0.2, 0.25) is 5.15 Å². The number of para-hydroxylation sites is 1. The Labute approximate surface area is 205 Å². The van der Waals surface area contributed by atoms with E-state index in [0.29, 0.717) is 36.4 Å². The first-order chi connectivity index (χ1) is 16.5. The van der Waals surface area contributed by atoms with Crippen molar-refractivity contribution in [2.45, 2.75) is 25.3 Å². The molecule has 0 N–H and O–H groups in total. The van der Waals surface area contributed by atoms with Crippen molar-refractivity contribution in [3.05, 3.63) is 94.8 Å². The zero-order chi connectivity index (χ0) is 23.9. The molecule has 176 valence electrons. The lowest BCUT2D eigenvalue weighted by Gasteiger charge is -2.33. The zero-order valence-corrected chi connectivity index (χ0v) is 19.9. The number of fused-ring (bicyclic) bond motifs is 1. The highest BCUT2D eigenvalue weighted by molar-refractivity contribution is 6.32. The number of hydrogen-bond donors (Lipinski definition) is 0. The Hall–Kier alpha value is -3.38. The molecule has 1 aromatic heterocycles. The molecule has 0 aliphatic carbocycles. The smallest absolute Gasteiger partial charge is 0.257 e. The van der Waals surface area contributed by atoms with E-state index in [1.165, 1.54) is 0 Å². The highest BCUT2D eigenvalue weighted by Crippen LogP contribution is 2.24. The summed E-state index contributed by atoms with van der Waals surface area (Å²) in [6.45, 7) is 1.35. The van der Waals surface area contributed by atoms with Gasteiger partial charge in [0.15, 0.2) is 0 Å². The summed E-state index contributed by atoms with van der Waals surface area (Å²) in [6.07, 6.45) is 3.70. The normalized spacial score (nSPS) is 17.2. The molecule has 0 bridgehead atoms. The molecule has 4 rings (SSSR count). The van der Waals surface area contributed by atoms with E-state index in [2.05, 4.69) is 4.98 Å². The van der Waals surface area contributed by atoms with Crippen LogP contribution < -0.4 is 4.74 Å². The Morgan fingerprint density at radius 3 is 2.56 bits per heavy atom. The van der Waals surface area contributed by atoms with E-state index >= 15 is 0 Å². The number of aromatic nitrogens is 1. The van der Waals surface area contributed by atoms with Crippen molar-refractivity contribution in [2.75, 3.05) is 26.7 Å². The summed E-state index contributed by atoms with van der Waals surface area (Å²) in [6, 6.07) is 20.5. The van der Waals surface area contributed by atoms with Crippen molar-refractivity contribution in [1.82, 2.24) is 14.8 Å². The molecule has 0 radical (unpaired) electrons. The predicted molar refractivity (Wildman–Crippen MR) is 132 cm³/mol. The number of nitrogens with zero attached hydrogens (tertiary/aromatic N) is 3. The van der Waals surface area contributed by atoms with Gasteiger partial charge in [0.05, 0.1) is 17.2 Å². The molecule has 2 aromatic carbocycles. The molecule has 1 aliphatic heterocycles. The molecule has 1 aliphatic rings. The van der Waals surface area contributed by atoms with Gasteiger partial charge in [0.25, 0.3) is 11.8 Å². The summed E-state index contributed by atoms with van der Waals surface area (Å²) in [5.74, 6) is 0.285. The molecule has 0 saturated heterocycles. The van der Waals surface area contributed by atoms with Crippen molar-refractivity contribution in [3.63, 3.8) is 0 Å². The third kappa shape index (κ3) is 5.57. The summed E-state index contributed by atoms with van der Waals surface area (Å²) in [7, 11) is 1.79. The molecular weight excluding hydrogens is 450 g/mol. The summed E-state index contributed by atoms with van der Waals surface area (Å²) < 4.78 is 6.22. The summed E-state index contributed by atoms with van der Waals surface area (Å²) in [5.41, 5.74) is 2.00. The lowest BCUT2D eigenvalue weighted by molar-refractivity contribution is 0.0590. The molecule has 7 heteroatoms. The molecule has 0 fully saturated rings. The quantitative estimate of drug-likeness (QED) is 0.511. The van der Waals surface area contributed by atoms with Gasteiger partial charge >= 0.3 is 0 Å². The van der Waals surface area contributed by atoms with Gasteiger partial charge < -0.3 is 14.5 Å². The molecule has 34 heavy (non-hydrogen) atoms. The van der Waals surface area contributed by atoms with Crippen molar-refractivity contribution in [2.24, 2.45) is 0 Å². The average molecular weight is 478 g/mol. The van der Waals surface area contributed by atoms with Crippen LogP contribution in [-0.2, 0) is 6.42 Å². The van der Waals surface area contributed by atoms with Crippen LogP contribution in [0.25, 0.3) is 0 Å². The third-order valence-electron chi connectivity index (χ3n) is 6.04. The van der Waals surface area contributed by atoms with E-state index in [1.54, 1.807) is 42.4 Å². The van der Waals surface area contributed by atoms with E-state index in [1.807, 2.05) is 47.4 Å². The lowest BCUT2D eigenvalue weighted by Crippen LogP contribution is -2.46. The second-order valence-corrected chi connectivity index (χ2v) is 8.78. The molecule has 0 spiro atoms. The number of amides is 2. The first-order valence-electron chi connectivity index (χ1n) is 11.5. The van der Waals surface area contributed by atoms with Crippen LogP contribution in [0.1, 0.15) is 39.1 Å². The van der Waals surface area contributed by atoms with Gasteiger partial charge in [-0.05, 0) is 49.1 Å². The van der Waals surface area contributed by atoms with E-state index < -0.39 is 0 Å². The number of benzene rings is 2. The first kappa shape index (κ1) is 23.8. The monoisotopic (exact) mass is 477 g/mol. The fourth-order valence-electron chi connectivity index (χ4n) is 4.19. The second kappa shape index (κ2) is 11.2. The Kier molecular flexibility index (Phi) is 7.80. The topological polar surface area (TPSA) is 62.7 Å². The third-order valence-corrected chi connectivity index (χ3v) is 6.34. The number of carbonyl (C=O) groups is 2. The summed E-state index contributed by atoms with van der Waals surface area (Å²) in [4.78, 5) is 34.3. The first-order valence-corrected chi connectivity index (χ1v) is 11.8. The van der Waals surface area contributed by atoms with Gasteiger partial charge in [0.2, 0.25) is 0 Å². The molecule has 2 amide bonds. The largest absolute Gasteiger partial charge is 0.491 e. The lowest BCUT2D eigenvalue weighted by atomic mass is 10.0. The van der Waals surface area contributed by atoms with Crippen molar-refractivity contribution in [3.8, 4) is 5.75 Å². The average Bonchev–Trinajstić information content (AvgIpc) is 2.86. The number of hydrogen-bond acceptors (Lipinski definition) is 4. The molecular formula is C27H28ClN3O3. The van der Waals surface area contributed by atoms with E-state index in [4.69, 9.17) is 16.3 Å². The van der Waals surface area contributed by atoms with Crippen LogP contribution >= 0.6 is 11.6 Å². The Balaban J connectivity index is 1.70. The van der Waals surface area contributed by atoms with Gasteiger partial charge in [0.1, 0.15) is 17.5 Å². The van der Waals surface area contributed by atoms with Crippen molar-refractivity contribution in [1.29, 1.82) is 0 Å². The molecule has 0 unspecified atom stereocenters. The molecule has 2 heterocycles. The van der Waals surface area contributed by atoms with E-state index in [9.17, 15) is 9.59 Å². The number of halogens is 1. The van der Waals surface area contributed by atoms with Gasteiger partial charge in [-0.25, -0.2) is 4.98 Å². The van der Waals surface area contributed by atoms with Crippen LogP contribution in [0.15, 0.2) is 72.9 Å². The van der Waals surface area contributed by atoms with Crippen molar-refractivity contribution < 1.29 is 14.3 Å². The van der Waals surface area contributed by atoms with Gasteiger partial charge in [-0.3, -0.25) is 9.59 Å². The van der Waals surface area contributed by atoms with Crippen LogP contribution in [0.3, 0.4) is 0 Å². The van der Waals surface area contributed by atoms with Crippen LogP contribution in [0.5, 0.6) is 5.75 Å². The second-order valence-electron chi connectivity index (χ2n) is 8.42. The van der Waals surface area contributed by atoms with Gasteiger partial charge in [0, 0.05) is 26.3 Å². The summed E-state index contributed by atoms with van der Waals surface area (Å²) in [5, 5.41) is 0.189. The molecule has 6 nitrogen and oxygen atoms in total. The summed E-state index contributed by atoms with van der Waals surface area (Å²) >= 11 is 6.29. The molecule has 3 aromatic rings. The minimum atomic E-state index is -0.258. The maximum absolute atomic E-state index is 13.7.